The van der Waals surface area contributed by atoms with Crippen molar-refractivity contribution in [3.63, 3.8) is 0 Å². The number of pyridine rings is 1. The van der Waals surface area contributed by atoms with E-state index in [4.69, 9.17) is 11.6 Å². The van der Waals surface area contributed by atoms with Gasteiger partial charge in [0.25, 0.3) is 0 Å². The van der Waals surface area contributed by atoms with Crippen LogP contribution in [0, 0.1) is 5.92 Å². The molecule has 1 fully saturated rings. The van der Waals surface area contributed by atoms with Gasteiger partial charge in [-0.25, -0.2) is 0 Å². The Bertz CT molecular complexity index is 549. The first-order valence-electron chi connectivity index (χ1n) is 7.15. The summed E-state index contributed by atoms with van der Waals surface area (Å²) >= 11 is 5.98. The predicted molar refractivity (Wildman–Crippen MR) is 82.7 cm³/mol. The zero-order valence-electron chi connectivity index (χ0n) is 11.6. The van der Waals surface area contributed by atoms with Crippen LogP contribution in [0.4, 0.5) is 0 Å². The Morgan fingerprint density at radius 1 is 1.15 bits per heavy atom. The SMILES string of the molecule is CC(NC(c1ccc(Cl)cc1)C1CC1)c1cccnc1. The number of halogens is 1. The van der Waals surface area contributed by atoms with Gasteiger partial charge in [0.15, 0.2) is 0 Å². The van der Waals surface area contributed by atoms with Gasteiger partial charge >= 0.3 is 0 Å². The standard InChI is InChI=1S/C17H19ClN2/c1-12(15-3-2-10-19-11-15)20-17(13-4-5-13)14-6-8-16(18)9-7-14/h2-3,6-13,17,20H,4-5H2,1H3. The van der Waals surface area contributed by atoms with Crippen molar-refractivity contribution >= 4 is 11.6 Å². The highest BCUT2D eigenvalue weighted by Crippen LogP contribution is 2.42. The van der Waals surface area contributed by atoms with Crippen LogP contribution in [0.25, 0.3) is 0 Å². The second kappa shape index (κ2) is 5.94. The van der Waals surface area contributed by atoms with E-state index in [0.29, 0.717) is 12.1 Å². The molecule has 3 rings (SSSR count). The molecule has 1 aromatic heterocycles. The minimum atomic E-state index is 0.296. The van der Waals surface area contributed by atoms with E-state index in [0.717, 1.165) is 10.9 Å². The maximum absolute atomic E-state index is 5.98. The van der Waals surface area contributed by atoms with Crippen LogP contribution in [0.2, 0.25) is 5.02 Å². The van der Waals surface area contributed by atoms with Crippen LogP contribution in [-0.4, -0.2) is 4.98 Å². The lowest BCUT2D eigenvalue weighted by atomic mass is 10.00. The van der Waals surface area contributed by atoms with Crippen LogP contribution in [0.1, 0.15) is 43.0 Å². The van der Waals surface area contributed by atoms with E-state index in [1.165, 1.54) is 24.0 Å². The van der Waals surface area contributed by atoms with E-state index in [1.54, 1.807) is 0 Å². The number of hydrogen-bond donors (Lipinski definition) is 1. The predicted octanol–water partition coefficient (Wildman–Crippen LogP) is 4.54. The van der Waals surface area contributed by atoms with Gasteiger partial charge in [-0.1, -0.05) is 29.8 Å². The topological polar surface area (TPSA) is 24.9 Å². The molecule has 1 aliphatic carbocycles. The van der Waals surface area contributed by atoms with Crippen molar-refractivity contribution in [3.05, 3.63) is 64.9 Å². The highest BCUT2D eigenvalue weighted by atomic mass is 35.5. The number of rotatable bonds is 5. The van der Waals surface area contributed by atoms with Crippen LogP contribution < -0.4 is 5.32 Å². The van der Waals surface area contributed by atoms with Crippen LogP contribution in [-0.2, 0) is 0 Å². The zero-order chi connectivity index (χ0) is 13.9. The fraction of sp³-hybridized carbons (Fsp3) is 0.353. The molecule has 0 bridgehead atoms. The fourth-order valence-electron chi connectivity index (χ4n) is 2.60. The van der Waals surface area contributed by atoms with Gasteiger partial charge in [-0.05, 0) is 55.0 Å². The Hall–Kier alpha value is -1.38. The Morgan fingerprint density at radius 2 is 1.90 bits per heavy atom. The van der Waals surface area contributed by atoms with Crippen molar-refractivity contribution in [2.75, 3.05) is 0 Å². The van der Waals surface area contributed by atoms with E-state index in [1.807, 2.05) is 30.6 Å². The molecule has 2 unspecified atom stereocenters. The number of aromatic nitrogens is 1. The molecule has 0 spiro atoms. The Labute approximate surface area is 125 Å². The van der Waals surface area contributed by atoms with Crippen molar-refractivity contribution in [2.24, 2.45) is 5.92 Å². The molecule has 0 saturated heterocycles. The van der Waals surface area contributed by atoms with Gasteiger partial charge in [0.2, 0.25) is 0 Å². The van der Waals surface area contributed by atoms with Gasteiger partial charge in [-0.3, -0.25) is 4.98 Å². The van der Waals surface area contributed by atoms with E-state index in [-0.39, 0.29) is 0 Å². The summed E-state index contributed by atoms with van der Waals surface area (Å²) in [5, 5.41) is 4.54. The van der Waals surface area contributed by atoms with Crippen LogP contribution >= 0.6 is 11.6 Å². The zero-order valence-corrected chi connectivity index (χ0v) is 12.3. The van der Waals surface area contributed by atoms with Gasteiger partial charge < -0.3 is 5.32 Å². The molecule has 1 N–H and O–H groups in total. The Morgan fingerprint density at radius 3 is 2.50 bits per heavy atom. The number of benzene rings is 1. The monoisotopic (exact) mass is 286 g/mol. The minimum Gasteiger partial charge on any atom is -0.303 e. The molecule has 1 aliphatic rings. The van der Waals surface area contributed by atoms with Crippen molar-refractivity contribution in [1.82, 2.24) is 10.3 Å². The second-order valence-electron chi connectivity index (χ2n) is 5.54. The molecule has 1 saturated carbocycles. The van der Waals surface area contributed by atoms with Crippen LogP contribution in [0.5, 0.6) is 0 Å². The molecule has 0 aliphatic heterocycles. The first-order valence-corrected chi connectivity index (χ1v) is 7.53. The maximum Gasteiger partial charge on any atom is 0.0406 e. The number of hydrogen-bond acceptors (Lipinski definition) is 2. The van der Waals surface area contributed by atoms with Crippen molar-refractivity contribution in [1.29, 1.82) is 0 Å². The molecule has 104 valence electrons. The summed E-state index contributed by atoms with van der Waals surface area (Å²) in [4.78, 5) is 4.20. The van der Waals surface area contributed by atoms with E-state index >= 15 is 0 Å². The van der Waals surface area contributed by atoms with Crippen molar-refractivity contribution < 1.29 is 0 Å². The van der Waals surface area contributed by atoms with E-state index in [2.05, 4.69) is 35.4 Å². The molecule has 3 heteroatoms. The molecule has 0 radical (unpaired) electrons. The highest BCUT2D eigenvalue weighted by molar-refractivity contribution is 6.30. The normalized spacial score (nSPS) is 17.7. The van der Waals surface area contributed by atoms with Crippen molar-refractivity contribution in [3.8, 4) is 0 Å². The van der Waals surface area contributed by atoms with Gasteiger partial charge in [-0.2, -0.15) is 0 Å². The molecular formula is C17H19ClN2. The van der Waals surface area contributed by atoms with E-state index < -0.39 is 0 Å². The molecule has 20 heavy (non-hydrogen) atoms. The average molecular weight is 287 g/mol. The summed E-state index contributed by atoms with van der Waals surface area (Å²) in [6.07, 6.45) is 6.36. The summed E-state index contributed by atoms with van der Waals surface area (Å²) in [6, 6.07) is 13.0. The largest absolute Gasteiger partial charge is 0.303 e. The molecule has 2 aromatic rings. The minimum absolute atomic E-state index is 0.296. The number of nitrogens with zero attached hydrogens (tertiary/aromatic N) is 1. The smallest absolute Gasteiger partial charge is 0.0406 e. The first-order chi connectivity index (χ1) is 9.74. The van der Waals surface area contributed by atoms with Crippen LogP contribution in [0.15, 0.2) is 48.8 Å². The van der Waals surface area contributed by atoms with Crippen molar-refractivity contribution in [2.45, 2.75) is 31.8 Å². The quantitative estimate of drug-likeness (QED) is 0.873. The third-order valence-electron chi connectivity index (χ3n) is 3.94. The first kappa shape index (κ1) is 13.6. The molecule has 2 nitrogen and oxygen atoms in total. The molecular weight excluding hydrogens is 268 g/mol. The molecule has 2 atom stereocenters. The maximum atomic E-state index is 5.98. The summed E-state index contributed by atoms with van der Waals surface area (Å²) in [5.41, 5.74) is 2.56. The van der Waals surface area contributed by atoms with Gasteiger partial charge in [0, 0.05) is 29.5 Å². The Balaban J connectivity index is 1.76. The lowest BCUT2D eigenvalue weighted by Crippen LogP contribution is -2.26. The summed E-state index contributed by atoms with van der Waals surface area (Å²) in [5.74, 6) is 0.746. The molecule has 1 aromatic carbocycles. The van der Waals surface area contributed by atoms with Gasteiger partial charge in [0.1, 0.15) is 0 Å². The summed E-state index contributed by atoms with van der Waals surface area (Å²) < 4.78 is 0. The molecule has 1 heterocycles. The third-order valence-corrected chi connectivity index (χ3v) is 4.19. The van der Waals surface area contributed by atoms with E-state index in [9.17, 15) is 0 Å². The lowest BCUT2D eigenvalue weighted by Gasteiger charge is -2.24. The average Bonchev–Trinajstić information content (AvgIpc) is 3.31. The highest BCUT2D eigenvalue weighted by Gasteiger charge is 2.33. The Kier molecular flexibility index (Phi) is 4.04. The number of nitrogens with one attached hydrogen (secondary N) is 1. The summed E-state index contributed by atoms with van der Waals surface area (Å²) in [6.45, 7) is 2.20. The van der Waals surface area contributed by atoms with Gasteiger partial charge in [-0.15, -0.1) is 0 Å². The lowest BCUT2D eigenvalue weighted by molar-refractivity contribution is 0.427. The third kappa shape index (κ3) is 3.20. The summed E-state index contributed by atoms with van der Waals surface area (Å²) in [7, 11) is 0. The second-order valence-corrected chi connectivity index (χ2v) is 5.98. The van der Waals surface area contributed by atoms with Gasteiger partial charge in [0.05, 0.1) is 0 Å². The van der Waals surface area contributed by atoms with Crippen LogP contribution in [0.3, 0.4) is 0 Å². The fourth-order valence-corrected chi connectivity index (χ4v) is 2.73. The molecule has 0 amide bonds.